The fourth-order valence-electron chi connectivity index (χ4n) is 2.89. The zero-order valence-corrected chi connectivity index (χ0v) is 13.4. The summed E-state index contributed by atoms with van der Waals surface area (Å²) < 4.78 is 2.30. The lowest BCUT2D eigenvalue weighted by molar-refractivity contribution is 0.759. The minimum absolute atomic E-state index is 0.387. The summed E-state index contributed by atoms with van der Waals surface area (Å²) in [6.07, 6.45) is 0. The van der Waals surface area contributed by atoms with Crippen molar-refractivity contribution in [1.29, 1.82) is 0 Å². The van der Waals surface area contributed by atoms with Gasteiger partial charge in [-0.1, -0.05) is 37.6 Å². The first-order valence-electron chi connectivity index (χ1n) is 7.54. The lowest BCUT2D eigenvalue weighted by Gasteiger charge is -2.12. The van der Waals surface area contributed by atoms with E-state index in [-0.39, 0.29) is 0 Å². The van der Waals surface area contributed by atoms with E-state index >= 15 is 0 Å². The molecule has 0 atom stereocenters. The van der Waals surface area contributed by atoms with Crippen molar-refractivity contribution >= 4 is 11.0 Å². The molecule has 21 heavy (non-hydrogen) atoms. The van der Waals surface area contributed by atoms with E-state index in [0.29, 0.717) is 5.92 Å². The van der Waals surface area contributed by atoms with Gasteiger partial charge in [-0.15, -0.1) is 0 Å². The van der Waals surface area contributed by atoms with Crippen LogP contribution in [0.4, 0.5) is 0 Å². The molecule has 0 spiro atoms. The second-order valence-electron chi connectivity index (χ2n) is 6.25. The Bertz CT molecular complexity index is 793. The fraction of sp³-hybridized carbons (Fsp3) is 0.316. The van der Waals surface area contributed by atoms with E-state index in [1.165, 1.54) is 27.9 Å². The number of aromatic nitrogens is 2. The van der Waals surface area contributed by atoms with Crippen LogP contribution in [-0.2, 0) is 0 Å². The SMILES string of the molecule is Cc1ccc(-n2c(C(C)C)nc3c(C)cc(C)cc32)cc1. The fourth-order valence-corrected chi connectivity index (χ4v) is 2.89. The minimum atomic E-state index is 0.387. The van der Waals surface area contributed by atoms with Gasteiger partial charge in [0, 0.05) is 11.6 Å². The number of aryl methyl sites for hydroxylation is 3. The maximum absolute atomic E-state index is 4.91. The Kier molecular flexibility index (Phi) is 3.32. The lowest BCUT2D eigenvalue weighted by atomic mass is 10.1. The number of hydrogen-bond donors (Lipinski definition) is 0. The van der Waals surface area contributed by atoms with E-state index in [9.17, 15) is 0 Å². The minimum Gasteiger partial charge on any atom is -0.296 e. The van der Waals surface area contributed by atoms with Gasteiger partial charge in [0.2, 0.25) is 0 Å². The molecule has 0 aliphatic rings. The zero-order valence-electron chi connectivity index (χ0n) is 13.4. The van der Waals surface area contributed by atoms with Gasteiger partial charge in [0.05, 0.1) is 11.0 Å². The van der Waals surface area contributed by atoms with Crippen LogP contribution < -0.4 is 0 Å². The van der Waals surface area contributed by atoms with Crippen LogP contribution in [0.25, 0.3) is 16.7 Å². The second-order valence-corrected chi connectivity index (χ2v) is 6.25. The number of fused-ring (bicyclic) bond motifs is 1. The van der Waals surface area contributed by atoms with Crippen LogP contribution in [0.3, 0.4) is 0 Å². The zero-order chi connectivity index (χ0) is 15.1. The smallest absolute Gasteiger partial charge is 0.117 e. The monoisotopic (exact) mass is 278 g/mol. The van der Waals surface area contributed by atoms with E-state index in [1.807, 2.05) is 0 Å². The number of rotatable bonds is 2. The van der Waals surface area contributed by atoms with Crippen molar-refractivity contribution in [2.24, 2.45) is 0 Å². The van der Waals surface area contributed by atoms with E-state index < -0.39 is 0 Å². The molecule has 0 N–H and O–H groups in total. The van der Waals surface area contributed by atoms with Crippen molar-refractivity contribution in [3.63, 3.8) is 0 Å². The van der Waals surface area contributed by atoms with Gasteiger partial charge < -0.3 is 0 Å². The van der Waals surface area contributed by atoms with Crippen LogP contribution in [0.2, 0.25) is 0 Å². The summed E-state index contributed by atoms with van der Waals surface area (Å²) in [6, 6.07) is 13.1. The van der Waals surface area contributed by atoms with Crippen LogP contribution in [0.1, 0.15) is 42.3 Å². The number of hydrogen-bond acceptors (Lipinski definition) is 1. The molecule has 3 aromatic rings. The van der Waals surface area contributed by atoms with Crippen molar-refractivity contribution in [3.05, 3.63) is 58.9 Å². The van der Waals surface area contributed by atoms with Gasteiger partial charge in [-0.3, -0.25) is 4.57 Å². The number of nitrogens with zero attached hydrogens (tertiary/aromatic N) is 2. The Labute approximate surface area is 126 Å². The van der Waals surface area contributed by atoms with Crippen molar-refractivity contribution in [3.8, 4) is 5.69 Å². The van der Waals surface area contributed by atoms with Gasteiger partial charge in [0.25, 0.3) is 0 Å². The Morgan fingerprint density at radius 1 is 0.905 bits per heavy atom. The summed E-state index contributed by atoms with van der Waals surface area (Å²) in [5.74, 6) is 1.51. The quantitative estimate of drug-likeness (QED) is 0.639. The highest BCUT2D eigenvalue weighted by atomic mass is 15.1. The molecule has 1 aromatic heterocycles. The standard InChI is InChI=1S/C19H22N2/c1-12(2)19-20-18-15(5)10-14(4)11-17(18)21(19)16-8-6-13(3)7-9-16/h6-12H,1-5H3. The van der Waals surface area contributed by atoms with E-state index in [2.05, 4.69) is 75.6 Å². The highest BCUT2D eigenvalue weighted by molar-refractivity contribution is 5.82. The molecular weight excluding hydrogens is 256 g/mol. The summed E-state index contributed by atoms with van der Waals surface area (Å²) in [6.45, 7) is 10.8. The topological polar surface area (TPSA) is 17.8 Å². The van der Waals surface area contributed by atoms with Crippen LogP contribution in [0.5, 0.6) is 0 Å². The average Bonchev–Trinajstić information content (AvgIpc) is 2.79. The van der Waals surface area contributed by atoms with Gasteiger partial charge in [0.15, 0.2) is 0 Å². The molecule has 0 amide bonds. The summed E-state index contributed by atoms with van der Waals surface area (Å²) in [5, 5.41) is 0. The molecule has 108 valence electrons. The molecular formula is C19H22N2. The van der Waals surface area contributed by atoms with Crippen LogP contribution in [0, 0.1) is 20.8 Å². The Hall–Kier alpha value is -2.09. The Balaban J connectivity index is 2.37. The molecule has 0 saturated heterocycles. The third-order valence-corrected chi connectivity index (χ3v) is 3.93. The van der Waals surface area contributed by atoms with Gasteiger partial charge >= 0.3 is 0 Å². The van der Waals surface area contributed by atoms with Crippen LogP contribution in [-0.4, -0.2) is 9.55 Å². The van der Waals surface area contributed by atoms with Crippen molar-refractivity contribution in [1.82, 2.24) is 9.55 Å². The van der Waals surface area contributed by atoms with Gasteiger partial charge in [-0.25, -0.2) is 4.98 Å². The second kappa shape index (κ2) is 5.03. The third-order valence-electron chi connectivity index (χ3n) is 3.93. The Morgan fingerprint density at radius 2 is 1.57 bits per heavy atom. The molecule has 0 fully saturated rings. The van der Waals surface area contributed by atoms with Crippen molar-refractivity contribution in [2.45, 2.75) is 40.5 Å². The van der Waals surface area contributed by atoms with Crippen LogP contribution >= 0.6 is 0 Å². The first-order chi connectivity index (χ1) is 9.97. The van der Waals surface area contributed by atoms with Gasteiger partial charge in [-0.2, -0.15) is 0 Å². The van der Waals surface area contributed by atoms with E-state index in [4.69, 9.17) is 4.98 Å². The third kappa shape index (κ3) is 2.35. The molecule has 1 heterocycles. The predicted molar refractivity (Wildman–Crippen MR) is 89.4 cm³/mol. The highest BCUT2D eigenvalue weighted by Crippen LogP contribution is 2.28. The average molecular weight is 278 g/mol. The molecule has 0 bridgehead atoms. The van der Waals surface area contributed by atoms with Gasteiger partial charge in [0.1, 0.15) is 5.82 Å². The van der Waals surface area contributed by atoms with Crippen molar-refractivity contribution in [2.75, 3.05) is 0 Å². The summed E-state index contributed by atoms with van der Waals surface area (Å²) in [4.78, 5) is 4.91. The van der Waals surface area contributed by atoms with Crippen LogP contribution in [0.15, 0.2) is 36.4 Å². The maximum Gasteiger partial charge on any atom is 0.117 e. The van der Waals surface area contributed by atoms with Gasteiger partial charge in [-0.05, 0) is 50.1 Å². The predicted octanol–water partition coefficient (Wildman–Crippen LogP) is 5.07. The molecule has 2 aromatic carbocycles. The molecule has 2 heteroatoms. The number of benzene rings is 2. The summed E-state index contributed by atoms with van der Waals surface area (Å²) in [5.41, 5.74) is 7.32. The van der Waals surface area contributed by atoms with E-state index in [0.717, 1.165) is 11.3 Å². The summed E-state index contributed by atoms with van der Waals surface area (Å²) >= 11 is 0. The molecule has 0 aliphatic carbocycles. The molecule has 0 unspecified atom stereocenters. The molecule has 0 aliphatic heterocycles. The maximum atomic E-state index is 4.91. The Morgan fingerprint density at radius 3 is 2.19 bits per heavy atom. The summed E-state index contributed by atoms with van der Waals surface area (Å²) in [7, 11) is 0. The molecule has 3 rings (SSSR count). The van der Waals surface area contributed by atoms with Crippen molar-refractivity contribution < 1.29 is 0 Å². The largest absolute Gasteiger partial charge is 0.296 e. The van der Waals surface area contributed by atoms with E-state index in [1.54, 1.807) is 0 Å². The number of imidazole rings is 1. The molecule has 0 radical (unpaired) electrons. The normalized spacial score (nSPS) is 11.5. The lowest BCUT2D eigenvalue weighted by Crippen LogP contribution is -2.03. The molecule has 0 saturated carbocycles. The highest BCUT2D eigenvalue weighted by Gasteiger charge is 2.16. The first-order valence-corrected chi connectivity index (χ1v) is 7.54. The first kappa shape index (κ1) is 13.9. The molecule has 2 nitrogen and oxygen atoms in total.